The van der Waals surface area contributed by atoms with Crippen LogP contribution in [0.3, 0.4) is 0 Å². The Morgan fingerprint density at radius 2 is 1.57 bits per heavy atom. The number of allylic oxidation sites excluding steroid dienone is 4. The molecule has 174 valence electrons. The van der Waals surface area contributed by atoms with Crippen molar-refractivity contribution < 1.29 is 0 Å². The maximum atomic E-state index is 4.70. The molecule has 0 N–H and O–H groups in total. The molecule has 0 atom stereocenters. The first-order valence-electron chi connectivity index (χ1n) is 12.7. The SMILES string of the molecule is C=C1/C(=C\C=C/C)B2c3sc4ccccc4c3-n3c4ccccc4c4ccc(c2c43)N1c1ccccc1. The highest BCUT2D eigenvalue weighted by Gasteiger charge is 2.44. The van der Waals surface area contributed by atoms with Gasteiger partial charge in [-0.1, -0.05) is 85.5 Å². The monoisotopic (exact) mass is 490 g/mol. The van der Waals surface area contributed by atoms with E-state index in [1.165, 1.54) is 59.0 Å². The lowest BCUT2D eigenvalue weighted by Crippen LogP contribution is -2.54. The Balaban J connectivity index is 1.61. The molecule has 2 nitrogen and oxygen atoms in total. The number of anilines is 2. The van der Waals surface area contributed by atoms with Crippen molar-refractivity contribution in [3.05, 3.63) is 127 Å². The van der Waals surface area contributed by atoms with E-state index in [-0.39, 0.29) is 6.71 Å². The Kier molecular flexibility index (Phi) is 4.29. The molecule has 0 radical (unpaired) electrons. The fourth-order valence-corrected chi connectivity index (χ4v) is 7.71. The molecule has 8 rings (SSSR count). The van der Waals surface area contributed by atoms with Crippen LogP contribution in [0.15, 0.2) is 127 Å². The molecule has 0 fully saturated rings. The predicted octanol–water partition coefficient (Wildman–Crippen LogP) is 7.63. The van der Waals surface area contributed by atoms with E-state index in [9.17, 15) is 0 Å². The van der Waals surface area contributed by atoms with Crippen molar-refractivity contribution in [2.45, 2.75) is 6.92 Å². The molecule has 0 saturated heterocycles. The molecule has 4 aromatic carbocycles. The van der Waals surface area contributed by atoms with Crippen molar-refractivity contribution in [2.24, 2.45) is 0 Å². The zero-order valence-electron chi connectivity index (χ0n) is 20.5. The average Bonchev–Trinajstić information content (AvgIpc) is 3.48. The van der Waals surface area contributed by atoms with Crippen molar-refractivity contribution in [1.82, 2.24) is 4.57 Å². The van der Waals surface area contributed by atoms with E-state index >= 15 is 0 Å². The summed E-state index contributed by atoms with van der Waals surface area (Å²) in [5, 5.41) is 3.94. The number of benzene rings is 4. The second-order valence-electron chi connectivity index (χ2n) is 9.76. The number of aromatic nitrogens is 1. The van der Waals surface area contributed by atoms with Gasteiger partial charge in [0.15, 0.2) is 0 Å². The number of thiophene rings is 1. The van der Waals surface area contributed by atoms with Crippen molar-refractivity contribution in [2.75, 3.05) is 4.90 Å². The summed E-state index contributed by atoms with van der Waals surface area (Å²) in [6, 6.07) is 33.0. The van der Waals surface area contributed by atoms with Crippen molar-refractivity contribution in [3.8, 4) is 5.69 Å². The van der Waals surface area contributed by atoms with Gasteiger partial charge in [0, 0.05) is 42.7 Å². The van der Waals surface area contributed by atoms with Crippen molar-refractivity contribution >= 4 is 71.6 Å². The summed E-state index contributed by atoms with van der Waals surface area (Å²) in [5.74, 6) is 0. The topological polar surface area (TPSA) is 8.17 Å². The number of fused-ring (bicyclic) bond motifs is 8. The van der Waals surface area contributed by atoms with Crippen LogP contribution in [0, 0.1) is 0 Å². The van der Waals surface area contributed by atoms with Gasteiger partial charge < -0.3 is 9.47 Å². The minimum atomic E-state index is 0.131. The van der Waals surface area contributed by atoms with E-state index in [0.717, 1.165) is 11.4 Å². The predicted molar refractivity (Wildman–Crippen MR) is 162 cm³/mol. The standard InChI is InChI=1S/C33H23BN2S/c1-3-4-16-26-21(2)35(22-12-6-5-7-13-22)28-20-19-24-23-14-8-10-17-27(23)36-31(24)30(28)34(26)33-32(36)25-15-9-11-18-29(25)37-33/h3-20H,2H2,1H3/b4-3-,26-16+. The first kappa shape index (κ1) is 20.9. The van der Waals surface area contributed by atoms with Crippen LogP contribution in [0.25, 0.3) is 37.6 Å². The molecule has 37 heavy (non-hydrogen) atoms. The maximum Gasteiger partial charge on any atom is 0.264 e. The Labute approximate surface area is 220 Å². The van der Waals surface area contributed by atoms with Crippen LogP contribution in [0.1, 0.15) is 6.92 Å². The van der Waals surface area contributed by atoms with E-state index < -0.39 is 0 Å². The molecule has 2 aliphatic heterocycles. The van der Waals surface area contributed by atoms with Gasteiger partial charge in [-0.15, -0.1) is 11.3 Å². The molecule has 0 saturated carbocycles. The lowest BCUT2D eigenvalue weighted by molar-refractivity contribution is 1.17. The first-order chi connectivity index (χ1) is 18.3. The molecule has 4 heteroatoms. The van der Waals surface area contributed by atoms with Crippen LogP contribution < -0.4 is 15.1 Å². The van der Waals surface area contributed by atoms with Gasteiger partial charge in [-0.05, 0) is 48.2 Å². The normalized spacial score (nSPS) is 15.6. The third-order valence-electron chi connectivity index (χ3n) is 7.86. The van der Waals surface area contributed by atoms with Crippen LogP contribution in [-0.2, 0) is 0 Å². The van der Waals surface area contributed by atoms with Gasteiger partial charge in [0.1, 0.15) is 0 Å². The molecule has 6 aromatic rings. The van der Waals surface area contributed by atoms with Crippen LogP contribution in [-0.4, -0.2) is 11.3 Å². The van der Waals surface area contributed by atoms with Gasteiger partial charge in [0.25, 0.3) is 6.71 Å². The number of para-hydroxylation sites is 2. The summed E-state index contributed by atoms with van der Waals surface area (Å²) in [6.07, 6.45) is 6.54. The van der Waals surface area contributed by atoms with E-state index in [4.69, 9.17) is 6.58 Å². The molecule has 4 heterocycles. The molecule has 0 bridgehead atoms. The highest BCUT2D eigenvalue weighted by atomic mass is 32.1. The zero-order chi connectivity index (χ0) is 24.7. The first-order valence-corrected chi connectivity index (χ1v) is 13.5. The van der Waals surface area contributed by atoms with Gasteiger partial charge in [0.2, 0.25) is 0 Å². The molecule has 2 aliphatic rings. The lowest BCUT2D eigenvalue weighted by atomic mass is 9.35. The largest absolute Gasteiger partial charge is 0.312 e. The van der Waals surface area contributed by atoms with Crippen molar-refractivity contribution in [1.29, 1.82) is 0 Å². The van der Waals surface area contributed by atoms with Crippen LogP contribution in [0.4, 0.5) is 11.4 Å². The Morgan fingerprint density at radius 1 is 0.811 bits per heavy atom. The number of nitrogens with zero attached hydrogens (tertiary/aromatic N) is 2. The van der Waals surface area contributed by atoms with Gasteiger partial charge in [-0.25, -0.2) is 0 Å². The second-order valence-corrected chi connectivity index (χ2v) is 10.8. The zero-order valence-corrected chi connectivity index (χ0v) is 21.3. The highest BCUT2D eigenvalue weighted by molar-refractivity contribution is 7.32. The molecular formula is C33H23BN2S. The Bertz CT molecular complexity index is 1970. The van der Waals surface area contributed by atoms with Crippen molar-refractivity contribution in [3.63, 3.8) is 0 Å². The minimum Gasteiger partial charge on any atom is -0.312 e. The summed E-state index contributed by atoms with van der Waals surface area (Å²) in [4.78, 5) is 2.35. The quantitative estimate of drug-likeness (QED) is 0.227. The van der Waals surface area contributed by atoms with Crippen LogP contribution in [0.5, 0.6) is 0 Å². The van der Waals surface area contributed by atoms with Crippen LogP contribution >= 0.6 is 11.3 Å². The van der Waals surface area contributed by atoms with Gasteiger partial charge in [0.05, 0.1) is 16.7 Å². The third kappa shape index (κ3) is 2.66. The smallest absolute Gasteiger partial charge is 0.264 e. The summed E-state index contributed by atoms with van der Waals surface area (Å²) >= 11 is 1.93. The van der Waals surface area contributed by atoms with E-state index in [1.807, 2.05) is 11.3 Å². The lowest BCUT2D eigenvalue weighted by Gasteiger charge is -2.40. The van der Waals surface area contributed by atoms with Crippen LogP contribution in [0.2, 0.25) is 0 Å². The second kappa shape index (κ2) is 7.61. The summed E-state index contributed by atoms with van der Waals surface area (Å²) in [5.41, 5.74) is 9.94. The molecule has 0 aliphatic carbocycles. The highest BCUT2D eigenvalue weighted by Crippen LogP contribution is 2.45. The summed E-state index contributed by atoms with van der Waals surface area (Å²) in [6.45, 7) is 6.90. The molecule has 0 unspecified atom stereocenters. The average molecular weight is 490 g/mol. The Morgan fingerprint density at radius 3 is 2.41 bits per heavy atom. The molecule has 0 spiro atoms. The number of rotatable bonds is 2. The van der Waals surface area contributed by atoms with Gasteiger partial charge in [-0.2, -0.15) is 0 Å². The number of hydrogen-bond donors (Lipinski definition) is 0. The number of hydrogen-bond acceptors (Lipinski definition) is 2. The van der Waals surface area contributed by atoms with E-state index in [2.05, 4.69) is 126 Å². The molecule has 2 aromatic heterocycles. The summed E-state index contributed by atoms with van der Waals surface area (Å²) in [7, 11) is 0. The third-order valence-corrected chi connectivity index (χ3v) is 9.09. The fourth-order valence-electron chi connectivity index (χ4n) is 6.39. The van der Waals surface area contributed by atoms with Gasteiger partial charge in [-0.3, -0.25) is 0 Å². The maximum absolute atomic E-state index is 4.70. The van der Waals surface area contributed by atoms with E-state index in [1.54, 1.807) is 0 Å². The Hall–Kier alpha value is -4.28. The van der Waals surface area contributed by atoms with Gasteiger partial charge >= 0.3 is 0 Å². The van der Waals surface area contributed by atoms with E-state index in [0.29, 0.717) is 0 Å². The fraction of sp³-hybridized carbons (Fsp3) is 0.0303. The molecular weight excluding hydrogens is 467 g/mol. The minimum absolute atomic E-state index is 0.131. The summed E-state index contributed by atoms with van der Waals surface area (Å²) < 4.78 is 5.27. The molecule has 0 amide bonds.